The fourth-order valence-electron chi connectivity index (χ4n) is 1.75. The van der Waals surface area contributed by atoms with Crippen LogP contribution in [0.4, 0.5) is 4.79 Å². The number of nitrogens with one attached hydrogen (secondary N) is 2. The van der Waals surface area contributed by atoms with E-state index in [-0.39, 0.29) is 5.56 Å². The van der Waals surface area contributed by atoms with E-state index in [9.17, 15) is 14.4 Å². The molecule has 0 aliphatic heterocycles. The van der Waals surface area contributed by atoms with Gasteiger partial charge in [0, 0.05) is 6.54 Å². The molecule has 24 heavy (non-hydrogen) atoms. The topological polar surface area (TPSA) is 115 Å². The number of rotatable bonds is 6. The van der Waals surface area contributed by atoms with Crippen LogP contribution in [0.3, 0.4) is 0 Å². The quantitative estimate of drug-likeness (QED) is 0.751. The van der Waals surface area contributed by atoms with Gasteiger partial charge >= 0.3 is 12.0 Å². The van der Waals surface area contributed by atoms with E-state index < -0.39 is 24.5 Å². The summed E-state index contributed by atoms with van der Waals surface area (Å²) in [5.74, 6) is -1.36. The predicted octanol–water partition coefficient (Wildman–Crippen LogP) is 0.660. The van der Waals surface area contributed by atoms with Crippen molar-refractivity contribution in [2.75, 3.05) is 13.2 Å². The molecular weight excluding hydrogens is 314 g/mol. The van der Waals surface area contributed by atoms with Gasteiger partial charge in [-0.15, -0.1) is 0 Å². The largest absolute Gasteiger partial charge is 0.452 e. The van der Waals surface area contributed by atoms with Crippen LogP contribution < -0.4 is 10.6 Å². The van der Waals surface area contributed by atoms with E-state index in [1.165, 1.54) is 17.3 Å². The molecule has 0 spiro atoms. The van der Waals surface area contributed by atoms with Crippen LogP contribution in [0.15, 0.2) is 36.9 Å². The first-order valence-corrected chi connectivity index (χ1v) is 7.30. The molecule has 0 fully saturated rings. The smallest absolute Gasteiger partial charge is 0.338 e. The molecule has 9 heteroatoms. The zero-order valence-electron chi connectivity index (χ0n) is 13.1. The molecule has 126 valence electrons. The number of imide groups is 1. The summed E-state index contributed by atoms with van der Waals surface area (Å²) in [5.41, 5.74) is 1.01. The van der Waals surface area contributed by atoms with Crippen molar-refractivity contribution in [2.45, 2.75) is 13.3 Å². The minimum Gasteiger partial charge on any atom is -0.452 e. The summed E-state index contributed by atoms with van der Waals surface area (Å²) in [7, 11) is 0. The van der Waals surface area contributed by atoms with Crippen molar-refractivity contribution in [3.05, 3.63) is 42.5 Å². The first kappa shape index (κ1) is 17.1. The van der Waals surface area contributed by atoms with Gasteiger partial charge in [-0.2, -0.15) is 5.10 Å². The van der Waals surface area contributed by atoms with Gasteiger partial charge < -0.3 is 10.1 Å². The lowest BCUT2D eigenvalue weighted by Crippen LogP contribution is -2.41. The van der Waals surface area contributed by atoms with E-state index in [0.29, 0.717) is 6.54 Å². The molecule has 1 aromatic carbocycles. The van der Waals surface area contributed by atoms with Crippen molar-refractivity contribution in [2.24, 2.45) is 0 Å². The number of amides is 3. The Morgan fingerprint density at radius 2 is 1.96 bits per heavy atom. The van der Waals surface area contributed by atoms with Gasteiger partial charge in [0.05, 0.1) is 11.3 Å². The maximum absolute atomic E-state index is 11.9. The molecule has 1 aromatic heterocycles. The Morgan fingerprint density at radius 1 is 1.21 bits per heavy atom. The van der Waals surface area contributed by atoms with Crippen LogP contribution in [0.2, 0.25) is 0 Å². The molecule has 2 N–H and O–H groups in total. The molecule has 0 bridgehead atoms. The van der Waals surface area contributed by atoms with E-state index in [0.717, 1.165) is 12.1 Å². The lowest BCUT2D eigenvalue weighted by atomic mass is 10.2. The molecule has 1 heterocycles. The van der Waals surface area contributed by atoms with Crippen molar-refractivity contribution < 1.29 is 19.1 Å². The Balaban J connectivity index is 1.82. The Bertz CT molecular complexity index is 697. The highest BCUT2D eigenvalue weighted by Crippen LogP contribution is 2.09. The van der Waals surface area contributed by atoms with Gasteiger partial charge in [0.15, 0.2) is 6.61 Å². The second-order valence-electron chi connectivity index (χ2n) is 4.77. The molecule has 0 unspecified atom stereocenters. The molecule has 2 rings (SSSR count). The first-order valence-electron chi connectivity index (χ1n) is 7.30. The summed E-state index contributed by atoms with van der Waals surface area (Å²) in [6.45, 7) is 1.80. The van der Waals surface area contributed by atoms with Gasteiger partial charge in [-0.25, -0.2) is 19.3 Å². The van der Waals surface area contributed by atoms with Gasteiger partial charge in [-0.3, -0.25) is 10.1 Å². The summed E-state index contributed by atoms with van der Waals surface area (Å²) in [5, 5.41) is 8.51. The Labute approximate surface area is 138 Å². The zero-order valence-corrected chi connectivity index (χ0v) is 13.1. The van der Waals surface area contributed by atoms with Crippen LogP contribution in [0.5, 0.6) is 0 Å². The summed E-state index contributed by atoms with van der Waals surface area (Å²) in [6, 6.07) is 5.82. The number of hydrogen-bond donors (Lipinski definition) is 2. The summed E-state index contributed by atoms with van der Waals surface area (Å²) < 4.78 is 6.40. The molecule has 9 nitrogen and oxygen atoms in total. The fraction of sp³-hybridized carbons (Fsp3) is 0.267. The van der Waals surface area contributed by atoms with Gasteiger partial charge in [0.2, 0.25) is 0 Å². The maximum atomic E-state index is 11.9. The highest BCUT2D eigenvalue weighted by molar-refractivity contribution is 5.97. The number of nitrogens with zero attached hydrogens (tertiary/aromatic N) is 3. The minimum absolute atomic E-state index is 0.280. The normalized spacial score (nSPS) is 10.0. The molecular formula is C15H17N5O4. The standard InChI is InChI=1S/C15H17N5O4/c1-2-7-17-15(23)19-13(21)8-24-14(22)11-3-5-12(6-4-11)20-10-16-9-18-20/h3-6,9-10H,2,7-8H2,1H3,(H2,17,19,21,23). The van der Waals surface area contributed by atoms with Crippen LogP contribution >= 0.6 is 0 Å². The third-order valence-corrected chi connectivity index (χ3v) is 2.91. The Morgan fingerprint density at radius 3 is 2.58 bits per heavy atom. The number of carbonyl (C=O) groups is 3. The molecule has 0 aliphatic carbocycles. The van der Waals surface area contributed by atoms with Crippen molar-refractivity contribution in [3.8, 4) is 5.69 Å². The van der Waals surface area contributed by atoms with E-state index in [2.05, 4.69) is 20.7 Å². The minimum atomic E-state index is -0.698. The first-order chi connectivity index (χ1) is 11.6. The zero-order chi connectivity index (χ0) is 17.4. The fourth-order valence-corrected chi connectivity index (χ4v) is 1.75. The predicted molar refractivity (Wildman–Crippen MR) is 83.5 cm³/mol. The summed E-state index contributed by atoms with van der Waals surface area (Å²) in [6.07, 6.45) is 3.68. The van der Waals surface area contributed by atoms with Crippen molar-refractivity contribution in [1.29, 1.82) is 0 Å². The number of esters is 1. The SMILES string of the molecule is CCCNC(=O)NC(=O)COC(=O)c1ccc(-n2cncn2)cc1. The molecule has 0 radical (unpaired) electrons. The second-order valence-corrected chi connectivity index (χ2v) is 4.77. The Hall–Kier alpha value is -3.23. The molecule has 0 aliphatic rings. The van der Waals surface area contributed by atoms with Gasteiger partial charge in [0.1, 0.15) is 12.7 Å². The molecule has 0 saturated carbocycles. The average Bonchev–Trinajstić information content (AvgIpc) is 3.12. The third kappa shape index (κ3) is 4.90. The van der Waals surface area contributed by atoms with Crippen LogP contribution in [0.25, 0.3) is 5.69 Å². The van der Waals surface area contributed by atoms with Gasteiger partial charge in [-0.05, 0) is 30.7 Å². The van der Waals surface area contributed by atoms with Gasteiger partial charge in [0.25, 0.3) is 5.91 Å². The molecule has 3 amide bonds. The van der Waals surface area contributed by atoms with Crippen LogP contribution in [0, 0.1) is 0 Å². The van der Waals surface area contributed by atoms with Gasteiger partial charge in [-0.1, -0.05) is 6.92 Å². The maximum Gasteiger partial charge on any atom is 0.338 e. The van der Waals surface area contributed by atoms with Crippen LogP contribution in [0.1, 0.15) is 23.7 Å². The van der Waals surface area contributed by atoms with Crippen molar-refractivity contribution in [3.63, 3.8) is 0 Å². The average molecular weight is 331 g/mol. The summed E-state index contributed by atoms with van der Waals surface area (Å²) >= 11 is 0. The molecule has 2 aromatic rings. The molecule has 0 atom stereocenters. The number of hydrogen-bond acceptors (Lipinski definition) is 6. The highest BCUT2D eigenvalue weighted by atomic mass is 16.5. The molecule has 0 saturated heterocycles. The number of urea groups is 1. The van der Waals surface area contributed by atoms with Crippen LogP contribution in [-0.2, 0) is 9.53 Å². The number of aromatic nitrogens is 3. The number of carbonyl (C=O) groups excluding carboxylic acids is 3. The second kappa shape index (κ2) is 8.42. The highest BCUT2D eigenvalue weighted by Gasteiger charge is 2.12. The third-order valence-electron chi connectivity index (χ3n) is 2.91. The Kier molecular flexibility index (Phi) is 6.01. The monoisotopic (exact) mass is 331 g/mol. The number of benzene rings is 1. The lowest BCUT2D eigenvalue weighted by molar-refractivity contribution is -0.123. The van der Waals surface area contributed by atoms with E-state index >= 15 is 0 Å². The van der Waals surface area contributed by atoms with Crippen molar-refractivity contribution >= 4 is 17.9 Å². The van der Waals surface area contributed by atoms with Crippen molar-refractivity contribution in [1.82, 2.24) is 25.4 Å². The van der Waals surface area contributed by atoms with E-state index in [1.807, 2.05) is 6.92 Å². The lowest BCUT2D eigenvalue weighted by Gasteiger charge is -2.07. The van der Waals surface area contributed by atoms with Crippen LogP contribution in [-0.4, -0.2) is 45.8 Å². The number of ether oxygens (including phenoxy) is 1. The van der Waals surface area contributed by atoms with E-state index in [4.69, 9.17) is 4.74 Å². The summed E-state index contributed by atoms with van der Waals surface area (Å²) in [4.78, 5) is 38.5. The van der Waals surface area contributed by atoms with E-state index in [1.54, 1.807) is 24.3 Å².